The molecule has 2 saturated heterocycles. The van der Waals surface area contributed by atoms with Gasteiger partial charge in [0, 0.05) is 71.4 Å². The van der Waals surface area contributed by atoms with E-state index in [0.29, 0.717) is 50.8 Å². The zero-order valence-corrected chi connectivity index (χ0v) is 21.0. The summed E-state index contributed by atoms with van der Waals surface area (Å²) in [6, 6.07) is 18.5. The molecule has 37 heavy (non-hydrogen) atoms. The first-order chi connectivity index (χ1) is 18.0. The van der Waals surface area contributed by atoms with Crippen molar-refractivity contribution in [2.24, 2.45) is 0 Å². The summed E-state index contributed by atoms with van der Waals surface area (Å²) < 4.78 is 14.1. The summed E-state index contributed by atoms with van der Waals surface area (Å²) in [6.07, 6.45) is 1.24. The average molecular weight is 505 g/mol. The third-order valence-corrected chi connectivity index (χ3v) is 7.14. The Hall–Kier alpha value is -3.72. The van der Waals surface area contributed by atoms with Gasteiger partial charge in [0.15, 0.2) is 0 Å². The Morgan fingerprint density at radius 1 is 0.865 bits per heavy atom. The van der Waals surface area contributed by atoms with Crippen LogP contribution in [-0.2, 0) is 17.8 Å². The van der Waals surface area contributed by atoms with E-state index in [0.717, 1.165) is 38.3 Å². The van der Waals surface area contributed by atoms with E-state index < -0.39 is 0 Å². The number of benzene rings is 2. The number of nitrogens with zero attached hydrogens (tertiary/aromatic N) is 5. The fourth-order valence-electron chi connectivity index (χ4n) is 5.03. The van der Waals surface area contributed by atoms with Crippen molar-refractivity contribution in [1.29, 1.82) is 0 Å². The van der Waals surface area contributed by atoms with E-state index >= 15 is 0 Å². The van der Waals surface area contributed by atoms with Crippen molar-refractivity contribution in [3.05, 3.63) is 88.1 Å². The third kappa shape index (κ3) is 6.35. The molecule has 2 aliphatic rings. The molecule has 3 aromatic rings. The molecule has 0 unspecified atom stereocenters. The van der Waals surface area contributed by atoms with E-state index in [9.17, 15) is 14.0 Å². The lowest BCUT2D eigenvalue weighted by atomic mass is 10.1. The fraction of sp³-hybridized carbons (Fsp3) is 0.393. The van der Waals surface area contributed by atoms with Gasteiger partial charge in [0.25, 0.3) is 5.56 Å². The standard InChI is InChI=1S/C28H33FN6O2/c29-24-8-4-5-9-25(24)33-14-12-32(13-15-33)21-23-20-26(36)31-28(30-23)35-18-16-34(17-19-35)27(37)11-10-22-6-2-1-3-7-22/h1-9,20H,10-19,21H2,(H,30,31,36). The summed E-state index contributed by atoms with van der Waals surface area (Å²) in [4.78, 5) is 40.9. The van der Waals surface area contributed by atoms with Gasteiger partial charge in [-0.2, -0.15) is 0 Å². The van der Waals surface area contributed by atoms with Crippen LogP contribution in [0.4, 0.5) is 16.0 Å². The molecule has 0 bridgehead atoms. The second-order valence-electron chi connectivity index (χ2n) is 9.63. The maximum absolute atomic E-state index is 14.1. The normalized spacial score (nSPS) is 16.7. The van der Waals surface area contributed by atoms with Crippen LogP contribution in [0.25, 0.3) is 0 Å². The molecular weight excluding hydrogens is 471 g/mol. The first kappa shape index (κ1) is 25.0. The molecule has 3 heterocycles. The number of aromatic nitrogens is 2. The number of carbonyl (C=O) groups is 1. The molecule has 0 aliphatic carbocycles. The van der Waals surface area contributed by atoms with Crippen LogP contribution in [0.5, 0.6) is 0 Å². The van der Waals surface area contributed by atoms with Crippen LogP contribution in [-0.4, -0.2) is 78.0 Å². The molecule has 1 aromatic heterocycles. The number of nitrogens with one attached hydrogen (secondary N) is 1. The number of H-pyrrole nitrogens is 1. The highest BCUT2D eigenvalue weighted by Gasteiger charge is 2.24. The van der Waals surface area contributed by atoms with Gasteiger partial charge in [-0.1, -0.05) is 42.5 Å². The molecule has 5 rings (SSSR count). The highest BCUT2D eigenvalue weighted by atomic mass is 19.1. The second-order valence-corrected chi connectivity index (χ2v) is 9.63. The Morgan fingerprint density at radius 2 is 1.54 bits per heavy atom. The summed E-state index contributed by atoms with van der Waals surface area (Å²) >= 11 is 0. The maximum Gasteiger partial charge on any atom is 0.252 e. The molecule has 9 heteroatoms. The second kappa shape index (κ2) is 11.6. The van der Waals surface area contributed by atoms with Crippen LogP contribution in [0.1, 0.15) is 17.7 Å². The summed E-state index contributed by atoms with van der Waals surface area (Å²) in [5.41, 5.74) is 2.35. The lowest BCUT2D eigenvalue weighted by molar-refractivity contribution is -0.131. The van der Waals surface area contributed by atoms with E-state index in [1.807, 2.05) is 52.3 Å². The summed E-state index contributed by atoms with van der Waals surface area (Å²) in [6.45, 7) is 6.02. The maximum atomic E-state index is 14.1. The minimum atomic E-state index is -0.199. The molecule has 0 spiro atoms. The predicted octanol–water partition coefficient (Wildman–Crippen LogP) is 2.51. The molecule has 0 saturated carbocycles. The van der Waals surface area contributed by atoms with Gasteiger partial charge in [0.2, 0.25) is 11.9 Å². The molecule has 8 nitrogen and oxygen atoms in total. The third-order valence-electron chi connectivity index (χ3n) is 7.14. The molecular formula is C28H33FN6O2. The Kier molecular flexibility index (Phi) is 7.79. The fourth-order valence-corrected chi connectivity index (χ4v) is 5.03. The Labute approximate surface area is 216 Å². The number of para-hydroxylation sites is 1. The molecule has 194 valence electrons. The molecule has 1 amide bonds. The van der Waals surface area contributed by atoms with Crippen molar-refractivity contribution in [3.63, 3.8) is 0 Å². The topological polar surface area (TPSA) is 75.8 Å². The molecule has 0 radical (unpaired) electrons. The molecule has 2 aromatic carbocycles. The molecule has 1 N–H and O–H groups in total. The molecule has 2 aliphatic heterocycles. The van der Waals surface area contributed by atoms with Gasteiger partial charge in [-0.3, -0.25) is 19.5 Å². The van der Waals surface area contributed by atoms with Gasteiger partial charge < -0.3 is 14.7 Å². The van der Waals surface area contributed by atoms with Crippen molar-refractivity contribution in [3.8, 4) is 0 Å². The van der Waals surface area contributed by atoms with Crippen molar-refractivity contribution in [2.75, 3.05) is 62.2 Å². The van der Waals surface area contributed by atoms with Crippen molar-refractivity contribution in [1.82, 2.24) is 19.8 Å². The van der Waals surface area contributed by atoms with Gasteiger partial charge in [-0.25, -0.2) is 9.37 Å². The van der Waals surface area contributed by atoms with E-state index in [-0.39, 0.29) is 17.3 Å². The largest absolute Gasteiger partial charge is 0.367 e. The van der Waals surface area contributed by atoms with Crippen LogP contribution in [0, 0.1) is 5.82 Å². The molecule has 2 fully saturated rings. The minimum absolute atomic E-state index is 0.160. The number of aryl methyl sites for hydroxylation is 1. The monoisotopic (exact) mass is 504 g/mol. The van der Waals surface area contributed by atoms with E-state index in [1.165, 1.54) is 11.6 Å². The number of hydrogen-bond acceptors (Lipinski definition) is 6. The molecule has 0 atom stereocenters. The van der Waals surface area contributed by atoms with Crippen LogP contribution in [0.2, 0.25) is 0 Å². The lowest BCUT2D eigenvalue weighted by Gasteiger charge is -2.36. The number of aromatic amines is 1. The Balaban J connectivity index is 1.13. The zero-order chi connectivity index (χ0) is 25.6. The predicted molar refractivity (Wildman–Crippen MR) is 142 cm³/mol. The van der Waals surface area contributed by atoms with Crippen LogP contribution in [0.3, 0.4) is 0 Å². The summed E-state index contributed by atoms with van der Waals surface area (Å²) in [5.74, 6) is 0.520. The van der Waals surface area contributed by atoms with Gasteiger partial charge in [-0.15, -0.1) is 0 Å². The van der Waals surface area contributed by atoms with Crippen molar-refractivity contribution >= 4 is 17.5 Å². The number of amides is 1. The Bertz CT molecular complexity index is 1250. The van der Waals surface area contributed by atoms with Crippen molar-refractivity contribution < 1.29 is 9.18 Å². The van der Waals surface area contributed by atoms with Gasteiger partial charge in [0.05, 0.1) is 11.4 Å². The van der Waals surface area contributed by atoms with Gasteiger partial charge >= 0.3 is 0 Å². The van der Waals surface area contributed by atoms with Crippen LogP contribution >= 0.6 is 0 Å². The zero-order valence-electron chi connectivity index (χ0n) is 21.0. The van der Waals surface area contributed by atoms with Gasteiger partial charge in [-0.05, 0) is 24.1 Å². The number of rotatable bonds is 7. The van der Waals surface area contributed by atoms with Gasteiger partial charge in [0.1, 0.15) is 5.82 Å². The first-order valence-corrected chi connectivity index (χ1v) is 12.9. The first-order valence-electron chi connectivity index (χ1n) is 12.9. The summed E-state index contributed by atoms with van der Waals surface area (Å²) in [5, 5.41) is 0. The van der Waals surface area contributed by atoms with E-state index in [2.05, 4.69) is 14.8 Å². The highest BCUT2D eigenvalue weighted by Crippen LogP contribution is 2.21. The van der Waals surface area contributed by atoms with E-state index in [4.69, 9.17) is 4.98 Å². The number of hydrogen-bond donors (Lipinski definition) is 1. The minimum Gasteiger partial charge on any atom is -0.367 e. The number of anilines is 2. The SMILES string of the molecule is O=C(CCc1ccccc1)N1CCN(c2nc(CN3CCN(c4ccccc4F)CC3)cc(=O)[nH]2)CC1. The quantitative estimate of drug-likeness (QED) is 0.533. The number of carbonyl (C=O) groups excluding carboxylic acids is 1. The lowest BCUT2D eigenvalue weighted by Crippen LogP contribution is -2.49. The highest BCUT2D eigenvalue weighted by molar-refractivity contribution is 5.76. The van der Waals surface area contributed by atoms with Crippen LogP contribution < -0.4 is 15.4 Å². The smallest absolute Gasteiger partial charge is 0.252 e. The average Bonchev–Trinajstić information content (AvgIpc) is 2.93. The summed E-state index contributed by atoms with van der Waals surface area (Å²) in [7, 11) is 0. The Morgan fingerprint density at radius 3 is 2.27 bits per heavy atom. The van der Waals surface area contributed by atoms with Crippen molar-refractivity contribution in [2.45, 2.75) is 19.4 Å². The van der Waals surface area contributed by atoms with E-state index in [1.54, 1.807) is 12.1 Å². The number of halogens is 1. The van der Waals surface area contributed by atoms with Crippen LogP contribution in [0.15, 0.2) is 65.5 Å². The number of piperazine rings is 2.